The largest absolute Gasteiger partial charge is 0.430 e. The van der Waals surface area contributed by atoms with Crippen molar-refractivity contribution in [1.82, 2.24) is 14.6 Å². The molecule has 0 radical (unpaired) electrons. The fourth-order valence-electron chi connectivity index (χ4n) is 3.36. The van der Waals surface area contributed by atoms with Crippen LogP contribution in [0.5, 0.6) is 0 Å². The number of rotatable bonds is 3. The Balaban J connectivity index is 1.70. The molecule has 0 aliphatic carbocycles. The second-order valence-electron chi connectivity index (χ2n) is 7.07. The van der Waals surface area contributed by atoms with E-state index in [4.69, 9.17) is 16.0 Å². The highest BCUT2D eigenvalue weighted by molar-refractivity contribution is 6.30. The maximum Gasteiger partial charge on any atom is 0.417 e. The topological polar surface area (TPSA) is 73.3 Å². The highest BCUT2D eigenvalue weighted by atomic mass is 35.5. The minimum Gasteiger partial charge on any atom is -0.430 e. The van der Waals surface area contributed by atoms with Gasteiger partial charge < -0.3 is 4.42 Å². The molecule has 0 spiro atoms. The number of benzene rings is 2. The van der Waals surface area contributed by atoms with Crippen LogP contribution in [0.15, 0.2) is 81.3 Å². The average Bonchev–Trinajstić information content (AvgIpc) is 3.18. The van der Waals surface area contributed by atoms with Gasteiger partial charge in [-0.2, -0.15) is 22.9 Å². The molecule has 2 aromatic carbocycles. The van der Waals surface area contributed by atoms with Crippen LogP contribution >= 0.6 is 11.6 Å². The highest BCUT2D eigenvalue weighted by Gasteiger charge is 2.36. The van der Waals surface area contributed by atoms with Crippen LogP contribution in [-0.2, 0) is 6.18 Å². The van der Waals surface area contributed by atoms with Gasteiger partial charge in [-0.1, -0.05) is 54.1 Å². The second kappa shape index (κ2) is 7.86. The first-order valence-corrected chi connectivity index (χ1v) is 9.96. The molecular weight excluding hydrogens is 457 g/mol. The molecule has 0 atom stereocenters. The van der Waals surface area contributed by atoms with Crippen molar-refractivity contribution in [2.45, 2.75) is 6.18 Å². The molecule has 0 saturated carbocycles. The number of alkyl halides is 3. The van der Waals surface area contributed by atoms with Crippen molar-refractivity contribution in [3.05, 3.63) is 93.5 Å². The van der Waals surface area contributed by atoms with Gasteiger partial charge in [0, 0.05) is 10.6 Å². The van der Waals surface area contributed by atoms with Gasteiger partial charge in [0.15, 0.2) is 0 Å². The Bertz CT molecular complexity index is 1570. The van der Waals surface area contributed by atoms with Crippen molar-refractivity contribution in [1.29, 1.82) is 0 Å². The van der Waals surface area contributed by atoms with Crippen LogP contribution in [0.3, 0.4) is 0 Å². The van der Waals surface area contributed by atoms with Crippen LogP contribution < -0.4 is 5.56 Å². The summed E-state index contributed by atoms with van der Waals surface area (Å²) in [6, 6.07) is 16.0. The van der Waals surface area contributed by atoms with Crippen molar-refractivity contribution in [3.63, 3.8) is 0 Å². The van der Waals surface area contributed by atoms with Crippen molar-refractivity contribution >= 4 is 40.0 Å². The molecule has 0 amide bonds. The number of hydrogen-bond donors (Lipinski definition) is 0. The molecule has 5 rings (SSSR count). The molecule has 0 aliphatic rings. The lowest BCUT2D eigenvalue weighted by molar-refractivity contribution is -0.136. The number of hydrogen-bond acceptors (Lipinski definition) is 5. The van der Waals surface area contributed by atoms with Crippen molar-refractivity contribution in [3.8, 4) is 11.3 Å². The average molecular weight is 469 g/mol. The van der Waals surface area contributed by atoms with Gasteiger partial charge in [-0.15, -0.1) is 0 Å². The smallest absolute Gasteiger partial charge is 0.417 e. The van der Waals surface area contributed by atoms with Crippen molar-refractivity contribution in [2.24, 2.45) is 5.10 Å². The molecule has 0 saturated heterocycles. The Morgan fingerprint density at radius 2 is 1.79 bits per heavy atom. The van der Waals surface area contributed by atoms with Crippen LogP contribution in [0.25, 0.3) is 33.5 Å². The predicted molar refractivity (Wildman–Crippen MR) is 118 cm³/mol. The Labute approximate surface area is 188 Å². The summed E-state index contributed by atoms with van der Waals surface area (Å²) in [5, 5.41) is 4.20. The van der Waals surface area contributed by atoms with E-state index >= 15 is 0 Å². The summed E-state index contributed by atoms with van der Waals surface area (Å²) in [4.78, 5) is 21.1. The van der Waals surface area contributed by atoms with Crippen LogP contribution in [0.2, 0.25) is 5.02 Å². The van der Waals surface area contributed by atoms with E-state index in [0.717, 1.165) is 17.1 Å². The number of aromatic nitrogens is 3. The molecular formula is C23H12ClF3N4O2. The van der Waals surface area contributed by atoms with Gasteiger partial charge in [0.25, 0.3) is 0 Å². The molecule has 3 heterocycles. The summed E-state index contributed by atoms with van der Waals surface area (Å²) in [5.41, 5.74) is -1.49. The molecule has 164 valence electrons. The summed E-state index contributed by atoms with van der Waals surface area (Å²) in [5.74, 6) is 0. The number of nitrogens with zero attached hydrogens (tertiary/aromatic N) is 4. The van der Waals surface area contributed by atoms with Crippen LogP contribution in [-0.4, -0.2) is 20.9 Å². The third kappa shape index (κ3) is 3.87. The minimum atomic E-state index is -4.72. The van der Waals surface area contributed by atoms with Crippen molar-refractivity contribution < 1.29 is 17.6 Å². The zero-order valence-corrected chi connectivity index (χ0v) is 17.3. The minimum absolute atomic E-state index is 0.0653. The van der Waals surface area contributed by atoms with Gasteiger partial charge >= 0.3 is 11.7 Å². The number of fused-ring (bicyclic) bond motifs is 3. The first-order chi connectivity index (χ1) is 15.8. The number of pyridine rings is 1. The second-order valence-corrected chi connectivity index (χ2v) is 7.51. The first-order valence-electron chi connectivity index (χ1n) is 9.59. The van der Waals surface area contributed by atoms with Crippen LogP contribution in [0, 0.1) is 0 Å². The molecule has 0 aliphatic heterocycles. The monoisotopic (exact) mass is 468 g/mol. The summed E-state index contributed by atoms with van der Waals surface area (Å²) in [6.07, 6.45) is -2.29. The lowest BCUT2D eigenvalue weighted by Crippen LogP contribution is -2.16. The van der Waals surface area contributed by atoms with E-state index in [1.807, 2.05) is 0 Å². The molecule has 0 bridgehead atoms. The van der Waals surface area contributed by atoms with Gasteiger partial charge in [0.05, 0.1) is 22.9 Å². The molecule has 10 heteroatoms. The molecule has 0 N–H and O–H groups in total. The zero-order valence-electron chi connectivity index (χ0n) is 16.5. The van der Waals surface area contributed by atoms with E-state index in [0.29, 0.717) is 16.1 Å². The van der Waals surface area contributed by atoms with Gasteiger partial charge in [-0.05, 0) is 23.8 Å². The lowest BCUT2D eigenvalue weighted by Gasteiger charge is -2.10. The summed E-state index contributed by atoms with van der Waals surface area (Å²) < 4.78 is 48.1. The number of halogens is 4. The van der Waals surface area contributed by atoms with Gasteiger partial charge in [0.2, 0.25) is 11.3 Å². The Morgan fingerprint density at radius 3 is 2.48 bits per heavy atom. The van der Waals surface area contributed by atoms with E-state index in [9.17, 15) is 18.0 Å². The zero-order chi connectivity index (χ0) is 23.2. The van der Waals surface area contributed by atoms with Crippen LogP contribution in [0.1, 0.15) is 11.1 Å². The standard InChI is InChI=1S/C23H12ClF3N4O2/c24-15-8-6-13(7-9-15)11-29-31-12-28-19-18-16(23(25,26)27)10-17(14-4-2-1-3-5-14)30-21(18)33-20(19)22(31)32/h1-12H/b29-11+. The fraction of sp³-hybridized carbons (Fsp3) is 0.0435. The summed E-state index contributed by atoms with van der Waals surface area (Å²) in [7, 11) is 0. The molecule has 5 aromatic rings. The van der Waals surface area contributed by atoms with E-state index in [-0.39, 0.29) is 27.9 Å². The quantitative estimate of drug-likeness (QED) is 0.316. The van der Waals surface area contributed by atoms with Crippen LogP contribution in [0.4, 0.5) is 13.2 Å². The summed E-state index contributed by atoms with van der Waals surface area (Å²) in [6.45, 7) is 0. The molecule has 0 unspecified atom stereocenters. The molecule has 0 fully saturated rings. The predicted octanol–water partition coefficient (Wildman–Crippen LogP) is 5.76. The van der Waals surface area contributed by atoms with Gasteiger partial charge in [-0.25, -0.2) is 9.97 Å². The van der Waals surface area contributed by atoms with E-state index in [1.54, 1.807) is 54.6 Å². The summed E-state index contributed by atoms with van der Waals surface area (Å²) >= 11 is 5.84. The molecule has 3 aromatic heterocycles. The highest BCUT2D eigenvalue weighted by Crippen LogP contribution is 2.39. The maximum atomic E-state index is 13.9. The van der Waals surface area contributed by atoms with Crippen molar-refractivity contribution in [2.75, 3.05) is 0 Å². The first kappa shape index (κ1) is 20.9. The third-order valence-electron chi connectivity index (χ3n) is 4.91. The molecule has 33 heavy (non-hydrogen) atoms. The van der Waals surface area contributed by atoms with Gasteiger partial charge in [-0.3, -0.25) is 4.79 Å². The van der Waals surface area contributed by atoms with E-state index in [2.05, 4.69) is 15.1 Å². The SMILES string of the molecule is O=c1c2oc3nc(-c4ccccc4)cc(C(F)(F)F)c3c2ncn1/N=C/c1ccc(Cl)cc1. The maximum absolute atomic E-state index is 13.9. The molecule has 6 nitrogen and oxygen atoms in total. The Morgan fingerprint density at radius 1 is 1.06 bits per heavy atom. The normalized spacial score (nSPS) is 12.2. The fourth-order valence-corrected chi connectivity index (χ4v) is 3.49. The van der Waals surface area contributed by atoms with Gasteiger partial charge in [0.1, 0.15) is 11.8 Å². The number of furan rings is 1. The lowest BCUT2D eigenvalue weighted by atomic mass is 10.1. The van der Waals surface area contributed by atoms with E-state index in [1.165, 1.54) is 6.21 Å². The van der Waals surface area contributed by atoms with E-state index < -0.39 is 17.3 Å². The third-order valence-corrected chi connectivity index (χ3v) is 5.16. The Kier molecular flexibility index (Phi) is 4.98. The Hall–Kier alpha value is -3.98.